The molecule has 0 radical (unpaired) electrons. The van der Waals surface area contributed by atoms with Gasteiger partial charge in [0, 0.05) is 6.04 Å². The summed E-state index contributed by atoms with van der Waals surface area (Å²) in [5.74, 6) is 0.535. The lowest BCUT2D eigenvalue weighted by molar-refractivity contribution is 0.540. The van der Waals surface area contributed by atoms with Crippen LogP contribution in [0.4, 0.5) is 0 Å². The van der Waals surface area contributed by atoms with E-state index in [0.29, 0.717) is 6.42 Å². The summed E-state index contributed by atoms with van der Waals surface area (Å²) in [5.41, 5.74) is 5.59. The molecule has 0 saturated carbocycles. The fourth-order valence-corrected chi connectivity index (χ4v) is 3.30. The normalized spacial score (nSPS) is 18.9. The van der Waals surface area contributed by atoms with Gasteiger partial charge in [-0.05, 0) is 26.2 Å². The van der Waals surface area contributed by atoms with Crippen molar-refractivity contribution in [3.8, 4) is 0 Å². The van der Waals surface area contributed by atoms with Crippen molar-refractivity contribution in [3.63, 3.8) is 0 Å². The molecule has 0 fully saturated rings. The third-order valence-corrected chi connectivity index (χ3v) is 4.98. The molecular formula is C10H23NO2S. The molecule has 86 valence electrons. The van der Waals surface area contributed by atoms with Crippen LogP contribution >= 0.6 is 0 Å². The molecule has 0 aromatic carbocycles. The van der Waals surface area contributed by atoms with Gasteiger partial charge < -0.3 is 5.73 Å². The average molecular weight is 221 g/mol. The Hall–Kier alpha value is -0.0900. The van der Waals surface area contributed by atoms with E-state index in [2.05, 4.69) is 0 Å². The summed E-state index contributed by atoms with van der Waals surface area (Å²) in [7, 11) is -2.95. The zero-order valence-electron chi connectivity index (χ0n) is 9.66. The van der Waals surface area contributed by atoms with Crippen LogP contribution in [-0.2, 0) is 9.84 Å². The van der Waals surface area contributed by atoms with E-state index in [4.69, 9.17) is 5.73 Å². The molecule has 0 rings (SSSR count). The maximum absolute atomic E-state index is 11.8. The summed E-state index contributed by atoms with van der Waals surface area (Å²) in [6.45, 7) is 7.57. The van der Waals surface area contributed by atoms with Crippen molar-refractivity contribution in [3.05, 3.63) is 0 Å². The number of hydrogen-bond donors (Lipinski definition) is 1. The number of rotatable bonds is 6. The van der Waals surface area contributed by atoms with Crippen molar-refractivity contribution >= 4 is 9.84 Å². The topological polar surface area (TPSA) is 60.2 Å². The van der Waals surface area contributed by atoms with Crippen LogP contribution in [0.15, 0.2) is 0 Å². The third-order valence-electron chi connectivity index (χ3n) is 2.53. The highest BCUT2D eigenvalue weighted by Crippen LogP contribution is 2.13. The third kappa shape index (κ3) is 4.96. The molecule has 0 spiro atoms. The molecule has 3 nitrogen and oxygen atoms in total. The Morgan fingerprint density at radius 3 is 2.07 bits per heavy atom. The second-order valence-electron chi connectivity index (χ2n) is 4.37. The lowest BCUT2D eigenvalue weighted by atomic mass is 10.2. The monoisotopic (exact) mass is 221 g/mol. The summed E-state index contributed by atoms with van der Waals surface area (Å²) in [6, 6.07) is -0.0447. The predicted molar refractivity (Wildman–Crippen MR) is 61.0 cm³/mol. The van der Waals surface area contributed by atoms with Crippen LogP contribution in [-0.4, -0.2) is 25.5 Å². The molecule has 0 amide bonds. The molecule has 0 bridgehead atoms. The molecule has 0 saturated heterocycles. The van der Waals surface area contributed by atoms with Crippen molar-refractivity contribution in [2.75, 3.05) is 5.75 Å². The minimum absolute atomic E-state index is 0.0447. The van der Waals surface area contributed by atoms with Gasteiger partial charge in [-0.25, -0.2) is 8.42 Å². The van der Waals surface area contributed by atoms with E-state index in [9.17, 15) is 8.42 Å². The predicted octanol–water partition coefficient (Wildman–Crippen LogP) is 1.57. The fraction of sp³-hybridized carbons (Fsp3) is 1.00. The van der Waals surface area contributed by atoms with Gasteiger partial charge in [-0.2, -0.15) is 0 Å². The molecule has 0 aromatic rings. The second kappa shape index (κ2) is 5.71. The maximum atomic E-state index is 11.8. The molecule has 0 aliphatic carbocycles. The van der Waals surface area contributed by atoms with Gasteiger partial charge in [-0.15, -0.1) is 0 Å². The number of nitrogens with two attached hydrogens (primary N) is 1. The van der Waals surface area contributed by atoms with Gasteiger partial charge in [-0.3, -0.25) is 0 Å². The molecule has 3 atom stereocenters. The van der Waals surface area contributed by atoms with E-state index < -0.39 is 9.84 Å². The highest BCUT2D eigenvalue weighted by molar-refractivity contribution is 7.92. The summed E-state index contributed by atoms with van der Waals surface area (Å²) in [6.07, 6.45) is 1.46. The summed E-state index contributed by atoms with van der Waals surface area (Å²) in [4.78, 5) is 0. The molecule has 0 aliphatic heterocycles. The molecule has 0 aliphatic rings. The zero-order valence-corrected chi connectivity index (χ0v) is 10.5. The van der Waals surface area contributed by atoms with Crippen molar-refractivity contribution < 1.29 is 8.42 Å². The average Bonchev–Trinajstić information content (AvgIpc) is 2.02. The smallest absolute Gasteiger partial charge is 0.153 e. The minimum Gasteiger partial charge on any atom is -0.328 e. The quantitative estimate of drug-likeness (QED) is 0.740. The molecule has 2 N–H and O–H groups in total. The van der Waals surface area contributed by atoms with E-state index >= 15 is 0 Å². The van der Waals surface area contributed by atoms with E-state index in [1.54, 1.807) is 6.92 Å². The zero-order chi connectivity index (χ0) is 11.4. The van der Waals surface area contributed by atoms with E-state index in [1.807, 2.05) is 20.8 Å². The van der Waals surface area contributed by atoms with E-state index in [1.165, 1.54) is 0 Å². The van der Waals surface area contributed by atoms with Gasteiger partial charge in [0.25, 0.3) is 0 Å². The van der Waals surface area contributed by atoms with E-state index in [0.717, 1.165) is 6.42 Å². The van der Waals surface area contributed by atoms with Gasteiger partial charge in [0.05, 0.1) is 11.0 Å². The molecule has 14 heavy (non-hydrogen) atoms. The van der Waals surface area contributed by atoms with Crippen LogP contribution in [0, 0.1) is 5.92 Å². The highest BCUT2D eigenvalue weighted by Gasteiger charge is 2.23. The largest absolute Gasteiger partial charge is 0.328 e. The van der Waals surface area contributed by atoms with Crippen LogP contribution in [0.1, 0.15) is 40.5 Å². The van der Waals surface area contributed by atoms with Crippen molar-refractivity contribution in [1.29, 1.82) is 0 Å². The first-order valence-corrected chi connectivity index (χ1v) is 6.98. The van der Waals surface area contributed by atoms with Crippen LogP contribution in [0.3, 0.4) is 0 Å². The van der Waals surface area contributed by atoms with Crippen LogP contribution in [0.2, 0.25) is 0 Å². The van der Waals surface area contributed by atoms with Gasteiger partial charge in [0.15, 0.2) is 9.84 Å². The van der Waals surface area contributed by atoms with Gasteiger partial charge in [0.2, 0.25) is 0 Å². The van der Waals surface area contributed by atoms with Crippen molar-refractivity contribution in [1.82, 2.24) is 0 Å². The first-order valence-electron chi connectivity index (χ1n) is 5.26. The Bertz CT molecular complexity index is 247. The van der Waals surface area contributed by atoms with Crippen LogP contribution in [0.5, 0.6) is 0 Å². The SMILES string of the molecule is CCC(C)CS(=O)(=O)C(C)CC(C)N. The molecular weight excluding hydrogens is 198 g/mol. The van der Waals surface area contributed by atoms with Crippen molar-refractivity contribution in [2.45, 2.75) is 51.8 Å². The standard InChI is InChI=1S/C10H23NO2S/c1-5-8(2)7-14(12,13)10(4)6-9(3)11/h8-10H,5-7,11H2,1-4H3. The highest BCUT2D eigenvalue weighted by atomic mass is 32.2. The minimum atomic E-state index is -2.95. The fourth-order valence-electron chi connectivity index (χ4n) is 1.35. The Morgan fingerprint density at radius 1 is 1.21 bits per heavy atom. The summed E-state index contributed by atoms with van der Waals surface area (Å²) >= 11 is 0. The number of sulfone groups is 1. The number of hydrogen-bond acceptors (Lipinski definition) is 3. The first-order chi connectivity index (χ1) is 6.29. The Morgan fingerprint density at radius 2 is 1.71 bits per heavy atom. The summed E-state index contributed by atoms with van der Waals surface area (Å²) < 4.78 is 23.6. The molecule has 4 heteroatoms. The Balaban J connectivity index is 4.31. The van der Waals surface area contributed by atoms with Crippen LogP contribution in [0.25, 0.3) is 0 Å². The lowest BCUT2D eigenvalue weighted by Gasteiger charge is -2.17. The van der Waals surface area contributed by atoms with E-state index in [-0.39, 0.29) is 23.0 Å². The molecule has 0 aromatic heterocycles. The lowest BCUT2D eigenvalue weighted by Crippen LogP contribution is -2.30. The van der Waals surface area contributed by atoms with Gasteiger partial charge in [0.1, 0.15) is 0 Å². The molecule has 3 unspecified atom stereocenters. The molecule has 0 heterocycles. The summed E-state index contributed by atoms with van der Waals surface area (Å²) in [5, 5.41) is -0.309. The Kier molecular flexibility index (Phi) is 5.67. The maximum Gasteiger partial charge on any atom is 0.153 e. The van der Waals surface area contributed by atoms with Gasteiger partial charge >= 0.3 is 0 Å². The second-order valence-corrected chi connectivity index (χ2v) is 6.83. The van der Waals surface area contributed by atoms with Crippen LogP contribution < -0.4 is 5.73 Å². The van der Waals surface area contributed by atoms with Gasteiger partial charge in [-0.1, -0.05) is 20.3 Å². The first kappa shape index (κ1) is 13.9. The Labute approximate surface area is 88.0 Å². The van der Waals surface area contributed by atoms with Crippen molar-refractivity contribution in [2.24, 2.45) is 11.7 Å².